The Morgan fingerprint density at radius 3 is 1.32 bits per heavy atom. The topological polar surface area (TPSA) is 183 Å². The van der Waals surface area contributed by atoms with E-state index in [1.165, 1.54) is 76.2 Å². The minimum absolute atomic E-state index is 0.355. The van der Waals surface area contributed by atoms with Gasteiger partial charge in [-0.05, 0) is 60.9 Å². The molecule has 75 heavy (non-hydrogen) atoms. The molecule has 18 heteroatoms. The zero-order chi connectivity index (χ0) is 56.1. The van der Waals surface area contributed by atoms with Crippen LogP contribution in [-0.4, -0.2) is 98.8 Å². The molecule has 0 fully saturated rings. The Balaban J connectivity index is 0.000000457. The molecule has 4 N–H and O–H groups in total. The van der Waals surface area contributed by atoms with Gasteiger partial charge in [0.05, 0.1) is 42.5 Å². The number of imidazole rings is 2. The molecule has 0 aliphatic heterocycles. The second-order valence-electron chi connectivity index (χ2n) is 18.0. The molecule has 8 aromatic rings. The summed E-state index contributed by atoms with van der Waals surface area (Å²) in [5, 5.41) is 0. The van der Waals surface area contributed by atoms with Gasteiger partial charge in [-0.1, -0.05) is 64.1 Å². The molecule has 0 spiro atoms. The van der Waals surface area contributed by atoms with Gasteiger partial charge in [0.2, 0.25) is 0 Å². The number of hydrogen-bond acceptors (Lipinski definition) is 14. The SMILES string of the molecule is CC.CC.CCC[CH2][Sn]([CH2]CCC)([CH2]CCC)[c]1cn(C)cn1.COc1nccc(-c2cc(C)ns2)n1.COc1nccc(-c2cn(C)cn2)n1.Cc1c[c]([Sn]([CH3])([CH3])[CH3])sn1.Nc1ccccc1.Nc1ccccc1. The molecule has 0 amide bonds. The fourth-order valence-electron chi connectivity index (χ4n) is 6.80. The van der Waals surface area contributed by atoms with Crippen LogP contribution < -0.4 is 27.5 Å². The van der Waals surface area contributed by atoms with E-state index in [1.807, 2.05) is 132 Å². The van der Waals surface area contributed by atoms with Crippen molar-refractivity contribution in [2.45, 2.75) is 129 Å². The number of ether oxygens (including phenoxy) is 2. The van der Waals surface area contributed by atoms with Crippen LogP contribution in [0.3, 0.4) is 0 Å². The summed E-state index contributed by atoms with van der Waals surface area (Å²) >= 11 is -0.817. The number of hydrogen-bond donors (Lipinski definition) is 2. The molecule has 0 atom stereocenters. The molecule has 410 valence electrons. The predicted molar refractivity (Wildman–Crippen MR) is 327 cm³/mol. The molecular weight excluding hydrogens is 1190 g/mol. The van der Waals surface area contributed by atoms with Crippen LogP contribution in [0.25, 0.3) is 22.0 Å². The van der Waals surface area contributed by atoms with Gasteiger partial charge in [-0.15, -0.1) is 0 Å². The zero-order valence-corrected chi connectivity index (χ0v) is 55.5. The quantitative estimate of drug-likeness (QED) is 0.0733. The number of anilines is 2. The fraction of sp³-hybridized carbons (Fsp3) is 0.439. The van der Waals surface area contributed by atoms with Crippen molar-refractivity contribution in [2.75, 3.05) is 25.7 Å². The Morgan fingerprint density at radius 1 is 0.547 bits per heavy atom. The average Bonchev–Trinajstić information content (AvgIpc) is 4.28. The standard InChI is InChI=1S/C9H10N4O.C9H9N3OS.2C6H7N.C4H5N2.C4H4NS.3C4H9.2C2H6.3CH3.2Sn/c1-13-5-8(11-6-13)7-3-4-10-9(12-7)14-2;1-6-5-8(14-12-6)7-3-4-10-9(11-7)13-2;2*7-6-4-2-1-3-5-6;1-6-3-2-5-4-6;1-4-2-3-6-5-4;3*1-3-4-2;2*1-2;;;;;/h3-6H,1-2H3;3-5H,1-2H3;2*1-5H,7H2;3-4H,1H3;2H,1H3;3*1,3-4H2,2H3;2*1-2H3;3*1H3;;. The maximum atomic E-state index is 5.36. The minimum Gasteiger partial charge on any atom is -0.399 e. The van der Waals surface area contributed by atoms with Crippen molar-refractivity contribution < 1.29 is 9.47 Å². The average molecular weight is 1280 g/mol. The number of nitrogen functional groups attached to an aromatic ring is 2. The third-order valence-corrected chi connectivity index (χ3v) is 36.9. The predicted octanol–water partition coefficient (Wildman–Crippen LogP) is 13.9. The monoisotopic (exact) mass is 1280 g/mol. The summed E-state index contributed by atoms with van der Waals surface area (Å²) in [6.45, 7) is 19.0. The first-order valence-electron chi connectivity index (χ1n) is 26.3. The van der Waals surface area contributed by atoms with Crippen LogP contribution in [0, 0.1) is 13.8 Å². The van der Waals surface area contributed by atoms with Gasteiger partial charge in [0, 0.05) is 37.0 Å². The Kier molecular flexibility index (Phi) is 35.8. The molecule has 0 saturated carbocycles. The van der Waals surface area contributed by atoms with E-state index in [2.05, 4.69) is 100 Å². The number of aromatic nitrogens is 10. The van der Waals surface area contributed by atoms with Crippen LogP contribution in [0.1, 0.15) is 98.4 Å². The van der Waals surface area contributed by atoms with E-state index >= 15 is 0 Å². The van der Waals surface area contributed by atoms with Gasteiger partial charge in [0.15, 0.2) is 0 Å². The number of para-hydroxylation sites is 2. The van der Waals surface area contributed by atoms with E-state index in [-0.39, 0.29) is 0 Å². The third kappa shape index (κ3) is 27.6. The number of methoxy groups -OCH3 is 2. The molecule has 0 saturated heterocycles. The summed E-state index contributed by atoms with van der Waals surface area (Å²) in [6.07, 6.45) is 19.6. The first kappa shape index (κ1) is 68.1. The largest absolute Gasteiger partial charge is 0.399 e. The van der Waals surface area contributed by atoms with Crippen molar-refractivity contribution in [3.63, 3.8) is 0 Å². The number of aryl methyl sites for hydroxylation is 4. The van der Waals surface area contributed by atoms with E-state index in [0.29, 0.717) is 12.0 Å². The summed E-state index contributed by atoms with van der Waals surface area (Å²) in [4.78, 5) is 33.5. The summed E-state index contributed by atoms with van der Waals surface area (Å²) in [5.74, 6) is 0. The van der Waals surface area contributed by atoms with Crippen LogP contribution in [0.15, 0.2) is 122 Å². The van der Waals surface area contributed by atoms with Gasteiger partial charge in [0.1, 0.15) is 5.69 Å². The van der Waals surface area contributed by atoms with Crippen molar-refractivity contribution >= 4 is 77.8 Å². The van der Waals surface area contributed by atoms with Crippen molar-refractivity contribution in [1.82, 2.24) is 47.8 Å². The number of benzene rings is 2. The van der Waals surface area contributed by atoms with Crippen molar-refractivity contribution in [3.05, 3.63) is 134 Å². The van der Waals surface area contributed by atoms with Crippen LogP contribution in [0.2, 0.25) is 28.1 Å². The maximum Gasteiger partial charge on any atom is 0.0313 e. The second kappa shape index (κ2) is 39.5. The van der Waals surface area contributed by atoms with E-state index in [1.54, 1.807) is 50.0 Å². The molecule has 0 unspecified atom stereocenters. The molecule has 14 nitrogen and oxygen atoms in total. The first-order valence-corrected chi connectivity index (χ1v) is 45.3. The summed E-state index contributed by atoms with van der Waals surface area (Å²) in [5.41, 5.74) is 17.0. The smallest absolute Gasteiger partial charge is 0.0313 e. The number of nitrogens with two attached hydrogens (primary N) is 2. The molecular formula is C57H90N12O2S2Sn2. The van der Waals surface area contributed by atoms with Crippen molar-refractivity contribution in [3.8, 4) is 34.0 Å². The van der Waals surface area contributed by atoms with Crippen LogP contribution in [0.4, 0.5) is 11.4 Å². The molecule has 2 aromatic carbocycles. The Morgan fingerprint density at radius 2 is 0.987 bits per heavy atom. The fourth-order valence-corrected chi connectivity index (χ4v) is 28.4. The maximum absolute atomic E-state index is 5.36. The van der Waals surface area contributed by atoms with Gasteiger partial charge >= 0.3 is 207 Å². The number of unbranched alkanes of at least 4 members (excludes halogenated alkanes) is 3. The molecule has 0 aliphatic carbocycles. The minimum atomic E-state index is -2.21. The van der Waals surface area contributed by atoms with E-state index in [0.717, 1.165) is 39.0 Å². The van der Waals surface area contributed by atoms with Crippen molar-refractivity contribution in [2.24, 2.45) is 14.1 Å². The van der Waals surface area contributed by atoms with E-state index in [9.17, 15) is 0 Å². The molecule has 0 radical (unpaired) electrons. The van der Waals surface area contributed by atoms with Gasteiger partial charge in [0.25, 0.3) is 0 Å². The normalized spacial score (nSPS) is 10.2. The zero-order valence-electron chi connectivity index (χ0n) is 48.2. The molecule has 8 rings (SSSR count). The summed E-state index contributed by atoms with van der Waals surface area (Å²) < 4.78 is 30.0. The van der Waals surface area contributed by atoms with Gasteiger partial charge in [-0.25, -0.2) is 15.0 Å². The Bertz CT molecular complexity index is 2490. The van der Waals surface area contributed by atoms with E-state index < -0.39 is 36.8 Å². The molecule has 0 aliphatic rings. The van der Waals surface area contributed by atoms with E-state index in [4.69, 9.17) is 25.9 Å². The first-order chi connectivity index (χ1) is 36.1. The van der Waals surface area contributed by atoms with Crippen LogP contribution >= 0.6 is 23.1 Å². The second-order valence-corrected chi connectivity index (χ2v) is 48.1. The van der Waals surface area contributed by atoms with Gasteiger partial charge in [-0.2, -0.15) is 14.3 Å². The molecule has 0 bridgehead atoms. The Labute approximate surface area is 467 Å². The summed E-state index contributed by atoms with van der Waals surface area (Å²) in [7, 11) is 7.12. The van der Waals surface area contributed by atoms with Crippen molar-refractivity contribution in [1.29, 1.82) is 0 Å². The molecule has 6 heterocycles. The number of rotatable bonds is 15. The van der Waals surface area contributed by atoms with Gasteiger partial charge in [-0.3, -0.25) is 0 Å². The summed E-state index contributed by atoms with van der Waals surface area (Å²) in [6, 6.07) is 27.6. The van der Waals surface area contributed by atoms with Crippen LogP contribution in [0.5, 0.6) is 12.0 Å². The van der Waals surface area contributed by atoms with Crippen LogP contribution in [-0.2, 0) is 14.1 Å². The third-order valence-electron chi connectivity index (χ3n) is 10.7. The Hall–Kier alpha value is -4.92. The molecule has 6 aromatic heterocycles. The number of nitrogens with zero attached hydrogens (tertiary/aromatic N) is 10. The van der Waals surface area contributed by atoms with Gasteiger partial charge < -0.3 is 25.5 Å².